The molecule has 0 unspecified atom stereocenters. The van der Waals surface area contributed by atoms with Crippen LogP contribution in [0.25, 0.3) is 0 Å². The van der Waals surface area contributed by atoms with Crippen molar-refractivity contribution < 1.29 is 9.47 Å². The van der Waals surface area contributed by atoms with Gasteiger partial charge in [0.2, 0.25) is 5.88 Å². The number of nitrogens with two attached hydrogens (primary N) is 1. The van der Waals surface area contributed by atoms with Gasteiger partial charge < -0.3 is 15.2 Å². The first-order valence-corrected chi connectivity index (χ1v) is 6.00. The summed E-state index contributed by atoms with van der Waals surface area (Å²) in [7, 11) is 1.53. The van der Waals surface area contributed by atoms with Crippen molar-refractivity contribution in [3.63, 3.8) is 0 Å². The number of hydrogen-bond donors (Lipinski definition) is 1. The first-order valence-electron chi connectivity index (χ1n) is 5.20. The number of nitrogen functional groups attached to an aromatic ring is 1. The molecule has 18 heavy (non-hydrogen) atoms. The van der Waals surface area contributed by atoms with Crippen LogP contribution in [0.5, 0.6) is 17.6 Å². The van der Waals surface area contributed by atoms with Crippen molar-refractivity contribution in [2.75, 3.05) is 12.8 Å². The second-order valence-electron chi connectivity index (χ2n) is 3.64. The van der Waals surface area contributed by atoms with Crippen LogP contribution >= 0.6 is 15.9 Å². The number of anilines is 1. The van der Waals surface area contributed by atoms with Gasteiger partial charge in [0.05, 0.1) is 17.8 Å². The fourth-order valence-corrected chi connectivity index (χ4v) is 1.77. The van der Waals surface area contributed by atoms with E-state index >= 15 is 0 Å². The molecule has 1 aromatic heterocycles. The van der Waals surface area contributed by atoms with E-state index in [1.807, 2.05) is 13.0 Å². The molecule has 2 rings (SSSR count). The molecule has 0 aliphatic rings. The van der Waals surface area contributed by atoms with E-state index in [0.717, 1.165) is 5.56 Å². The fourth-order valence-electron chi connectivity index (χ4n) is 1.41. The van der Waals surface area contributed by atoms with Gasteiger partial charge in [-0.1, -0.05) is 0 Å². The predicted octanol–water partition coefficient (Wildman–Crippen LogP) is 2.93. The topological polar surface area (TPSA) is 70.3 Å². The molecule has 0 fully saturated rings. The van der Waals surface area contributed by atoms with E-state index in [1.165, 1.54) is 7.11 Å². The molecular weight excluding hydrogens is 298 g/mol. The van der Waals surface area contributed by atoms with Gasteiger partial charge >= 0.3 is 6.01 Å². The zero-order valence-electron chi connectivity index (χ0n) is 9.98. The second kappa shape index (κ2) is 5.22. The number of nitrogens with zero attached hydrogens (tertiary/aromatic N) is 2. The molecule has 94 valence electrons. The lowest BCUT2D eigenvalue weighted by atomic mass is 10.2. The summed E-state index contributed by atoms with van der Waals surface area (Å²) in [5.74, 6) is 1.08. The van der Waals surface area contributed by atoms with E-state index in [1.54, 1.807) is 18.3 Å². The lowest BCUT2D eigenvalue weighted by molar-refractivity contribution is 0.373. The molecule has 2 aromatic rings. The van der Waals surface area contributed by atoms with Gasteiger partial charge in [-0.25, -0.2) is 4.98 Å². The van der Waals surface area contributed by atoms with Gasteiger partial charge in [0.1, 0.15) is 5.75 Å². The van der Waals surface area contributed by atoms with Crippen LogP contribution in [-0.2, 0) is 0 Å². The molecule has 0 atom stereocenters. The molecule has 0 saturated heterocycles. The molecule has 6 heteroatoms. The summed E-state index contributed by atoms with van der Waals surface area (Å²) in [6, 6.07) is 5.59. The van der Waals surface area contributed by atoms with Gasteiger partial charge in [-0.05, 0) is 46.6 Å². The Bertz CT molecular complexity index is 575. The first-order chi connectivity index (χ1) is 8.60. The average molecular weight is 310 g/mol. The lowest BCUT2D eigenvalue weighted by Crippen LogP contribution is -1.97. The molecule has 0 radical (unpaired) electrons. The van der Waals surface area contributed by atoms with Crippen molar-refractivity contribution in [2.24, 2.45) is 0 Å². The Morgan fingerprint density at radius 2 is 2.11 bits per heavy atom. The van der Waals surface area contributed by atoms with Crippen LogP contribution in [0.4, 0.5) is 5.69 Å². The number of benzene rings is 1. The third-order valence-corrected chi connectivity index (χ3v) is 2.83. The van der Waals surface area contributed by atoms with Crippen LogP contribution in [0.15, 0.2) is 28.9 Å². The molecule has 0 aliphatic carbocycles. The van der Waals surface area contributed by atoms with Crippen molar-refractivity contribution in [1.82, 2.24) is 9.97 Å². The zero-order valence-corrected chi connectivity index (χ0v) is 11.6. The van der Waals surface area contributed by atoms with Crippen LogP contribution in [0.2, 0.25) is 0 Å². The van der Waals surface area contributed by atoms with Gasteiger partial charge in [0, 0.05) is 5.69 Å². The smallest absolute Gasteiger partial charge is 0.325 e. The Hall–Kier alpha value is -1.82. The zero-order chi connectivity index (χ0) is 13.1. The minimum atomic E-state index is 0.225. The minimum absolute atomic E-state index is 0.225. The second-order valence-corrected chi connectivity index (χ2v) is 4.49. The third kappa shape index (κ3) is 2.70. The number of aryl methyl sites for hydroxylation is 1. The molecule has 0 saturated carbocycles. The lowest BCUT2D eigenvalue weighted by Gasteiger charge is -2.08. The molecule has 1 aromatic carbocycles. The van der Waals surface area contributed by atoms with Crippen LogP contribution in [0.3, 0.4) is 0 Å². The van der Waals surface area contributed by atoms with Gasteiger partial charge in [0.25, 0.3) is 0 Å². The molecule has 2 N–H and O–H groups in total. The van der Waals surface area contributed by atoms with Crippen LogP contribution in [0, 0.1) is 6.92 Å². The average Bonchev–Trinajstić information content (AvgIpc) is 2.35. The summed E-state index contributed by atoms with van der Waals surface area (Å²) in [5.41, 5.74) is 7.28. The Labute approximate surface area is 113 Å². The highest BCUT2D eigenvalue weighted by atomic mass is 79.9. The maximum Gasteiger partial charge on any atom is 0.325 e. The molecule has 1 heterocycles. The molecule has 0 bridgehead atoms. The number of halogens is 1. The number of ether oxygens (including phenoxy) is 2. The van der Waals surface area contributed by atoms with Crippen LogP contribution in [-0.4, -0.2) is 17.1 Å². The van der Waals surface area contributed by atoms with Crippen molar-refractivity contribution in [2.45, 2.75) is 6.92 Å². The number of methoxy groups -OCH3 is 1. The van der Waals surface area contributed by atoms with Crippen molar-refractivity contribution in [3.05, 3.63) is 34.4 Å². The normalized spacial score (nSPS) is 10.2. The molecular formula is C12H12BrN3O2. The highest BCUT2D eigenvalue weighted by Crippen LogP contribution is 2.27. The summed E-state index contributed by atoms with van der Waals surface area (Å²) in [5, 5.41) is 0. The summed E-state index contributed by atoms with van der Waals surface area (Å²) in [6.45, 7) is 1.90. The van der Waals surface area contributed by atoms with Crippen molar-refractivity contribution in [1.29, 1.82) is 0 Å². The summed E-state index contributed by atoms with van der Waals surface area (Å²) < 4.78 is 11.3. The Morgan fingerprint density at radius 3 is 2.78 bits per heavy atom. The van der Waals surface area contributed by atoms with E-state index in [4.69, 9.17) is 15.2 Å². The third-order valence-electron chi connectivity index (χ3n) is 2.28. The largest absolute Gasteiger partial charge is 0.480 e. The summed E-state index contributed by atoms with van der Waals surface area (Å²) in [4.78, 5) is 8.17. The number of hydrogen-bond acceptors (Lipinski definition) is 5. The highest BCUT2D eigenvalue weighted by molar-refractivity contribution is 9.10. The maximum absolute atomic E-state index is 5.67. The van der Waals surface area contributed by atoms with E-state index in [2.05, 4.69) is 25.9 Å². The fraction of sp³-hybridized carbons (Fsp3) is 0.167. The number of rotatable bonds is 3. The standard InChI is InChI=1S/C12H12BrN3O2/c1-7-5-8(14)3-4-10(7)18-12-15-6-9(13)11(16-12)17-2/h3-6H,14H2,1-2H3. The SMILES string of the molecule is COc1nc(Oc2ccc(N)cc2C)ncc1Br. The van der Waals surface area contributed by atoms with Gasteiger partial charge in [-0.15, -0.1) is 0 Å². The van der Waals surface area contributed by atoms with Crippen molar-refractivity contribution >= 4 is 21.6 Å². The predicted molar refractivity (Wildman–Crippen MR) is 71.9 cm³/mol. The van der Waals surface area contributed by atoms with Gasteiger partial charge in [-0.2, -0.15) is 4.98 Å². The quantitative estimate of drug-likeness (QED) is 0.883. The summed E-state index contributed by atoms with van der Waals surface area (Å²) in [6.07, 6.45) is 1.58. The van der Waals surface area contributed by atoms with E-state index in [9.17, 15) is 0 Å². The maximum atomic E-state index is 5.67. The van der Waals surface area contributed by atoms with Crippen molar-refractivity contribution in [3.8, 4) is 17.6 Å². The Balaban J connectivity index is 2.28. The summed E-state index contributed by atoms with van der Waals surface area (Å²) >= 11 is 3.28. The number of aromatic nitrogens is 2. The van der Waals surface area contributed by atoms with Gasteiger partial charge in [-0.3, -0.25) is 0 Å². The van der Waals surface area contributed by atoms with Gasteiger partial charge in [0.15, 0.2) is 0 Å². The monoisotopic (exact) mass is 309 g/mol. The van der Waals surface area contributed by atoms with Crippen LogP contribution in [0.1, 0.15) is 5.56 Å². The van der Waals surface area contributed by atoms with E-state index in [-0.39, 0.29) is 6.01 Å². The van der Waals surface area contributed by atoms with E-state index < -0.39 is 0 Å². The minimum Gasteiger partial charge on any atom is -0.480 e. The molecule has 0 aliphatic heterocycles. The Morgan fingerprint density at radius 1 is 1.33 bits per heavy atom. The highest BCUT2D eigenvalue weighted by Gasteiger charge is 2.08. The van der Waals surface area contributed by atoms with E-state index in [0.29, 0.717) is 21.8 Å². The molecule has 0 amide bonds. The Kier molecular flexibility index (Phi) is 3.66. The molecule has 5 nitrogen and oxygen atoms in total. The first kappa shape index (κ1) is 12.6. The molecule has 0 spiro atoms. The van der Waals surface area contributed by atoms with Crippen LogP contribution < -0.4 is 15.2 Å².